The highest BCUT2D eigenvalue weighted by atomic mass is 32.2. The van der Waals surface area contributed by atoms with Gasteiger partial charge in [0.05, 0.1) is 30.5 Å². The topological polar surface area (TPSA) is 99.5 Å². The van der Waals surface area contributed by atoms with Crippen LogP contribution in [0, 0.1) is 23.7 Å². The number of ether oxygens (including phenoxy) is 1. The van der Waals surface area contributed by atoms with Crippen LogP contribution in [-0.2, 0) is 10.0 Å². The fraction of sp³-hybridized carbons (Fsp3) is 0.238. The van der Waals surface area contributed by atoms with Crippen LogP contribution >= 0.6 is 0 Å². The summed E-state index contributed by atoms with van der Waals surface area (Å²) >= 11 is 0. The summed E-state index contributed by atoms with van der Waals surface area (Å²) in [6.07, 6.45) is 5.23. The minimum Gasteiger partial charge on any atom is -0.494 e. The van der Waals surface area contributed by atoms with E-state index in [-0.39, 0.29) is 30.3 Å². The molecule has 8 heteroatoms. The number of carbonyl (C=O) groups is 1. The lowest BCUT2D eigenvalue weighted by Crippen LogP contribution is -2.32. The Balaban J connectivity index is 2.27. The van der Waals surface area contributed by atoms with Crippen molar-refractivity contribution >= 4 is 21.6 Å². The molecule has 0 bridgehead atoms. The van der Waals surface area contributed by atoms with Crippen LogP contribution in [0.3, 0.4) is 0 Å². The Morgan fingerprint density at radius 1 is 1.17 bits per heavy atom. The number of benzene rings is 2. The van der Waals surface area contributed by atoms with Crippen LogP contribution in [0.25, 0.3) is 0 Å². The highest BCUT2D eigenvalue weighted by molar-refractivity contribution is 7.89. The number of anilines is 1. The molecule has 2 rings (SSSR count). The maximum Gasteiger partial charge on any atom is 0.258 e. The second-order valence-electron chi connectivity index (χ2n) is 5.84. The molecule has 0 radical (unpaired) electrons. The zero-order valence-corrected chi connectivity index (χ0v) is 16.8. The van der Waals surface area contributed by atoms with Gasteiger partial charge in [-0.2, -0.15) is 9.98 Å². The Morgan fingerprint density at radius 2 is 1.83 bits per heavy atom. The Labute approximate surface area is 171 Å². The molecule has 29 heavy (non-hydrogen) atoms. The van der Waals surface area contributed by atoms with E-state index in [0.29, 0.717) is 23.6 Å². The Bertz CT molecular complexity index is 1020. The summed E-state index contributed by atoms with van der Waals surface area (Å²) in [4.78, 5) is 14.5. The molecule has 1 N–H and O–H groups in total. The van der Waals surface area contributed by atoms with Crippen LogP contribution in [0.1, 0.15) is 23.7 Å². The predicted octanol–water partition coefficient (Wildman–Crippen LogP) is 2.56. The molecule has 0 atom stereocenters. The summed E-state index contributed by atoms with van der Waals surface area (Å²) in [5.41, 5.74) is 0.911. The second kappa shape index (κ2) is 10.3. The zero-order chi connectivity index (χ0) is 21.3. The molecule has 7 nitrogen and oxygen atoms in total. The normalized spacial score (nSPS) is 10.6. The molecule has 0 saturated heterocycles. The average Bonchev–Trinajstić information content (AvgIpc) is 2.74. The minimum absolute atomic E-state index is 0.00828. The summed E-state index contributed by atoms with van der Waals surface area (Å²) in [7, 11) is -3.74. The van der Waals surface area contributed by atoms with Crippen LogP contribution in [-0.4, -0.2) is 34.0 Å². The molecule has 0 aliphatic heterocycles. The predicted molar refractivity (Wildman–Crippen MR) is 110 cm³/mol. The van der Waals surface area contributed by atoms with Crippen molar-refractivity contribution in [2.75, 3.05) is 24.6 Å². The fourth-order valence-corrected chi connectivity index (χ4v) is 3.49. The second-order valence-corrected chi connectivity index (χ2v) is 7.61. The first-order valence-corrected chi connectivity index (χ1v) is 10.4. The molecule has 0 aromatic heterocycles. The Hall–Kier alpha value is -3.33. The van der Waals surface area contributed by atoms with Gasteiger partial charge in [-0.1, -0.05) is 5.92 Å². The fourth-order valence-electron chi connectivity index (χ4n) is 2.55. The number of rotatable bonds is 9. The van der Waals surface area contributed by atoms with Gasteiger partial charge in [-0.15, -0.1) is 6.42 Å². The van der Waals surface area contributed by atoms with E-state index in [0.717, 1.165) is 0 Å². The first kappa shape index (κ1) is 22.0. The monoisotopic (exact) mass is 411 g/mol. The van der Waals surface area contributed by atoms with Crippen molar-refractivity contribution in [2.45, 2.75) is 18.2 Å². The first-order valence-electron chi connectivity index (χ1n) is 8.87. The maximum atomic E-state index is 13.0. The molecule has 0 aliphatic carbocycles. The SMILES string of the molecule is C#CCNS(=O)(=O)c1ccc(C(=O)N(CCC#N)c2ccc(OCC)cc2)cc1. The van der Waals surface area contributed by atoms with E-state index >= 15 is 0 Å². The molecule has 0 heterocycles. The Kier molecular flexibility index (Phi) is 7.79. The van der Waals surface area contributed by atoms with Gasteiger partial charge in [-0.25, -0.2) is 8.42 Å². The summed E-state index contributed by atoms with van der Waals surface area (Å²) < 4.78 is 31.9. The standard InChI is InChI=1S/C21H21N3O4S/c1-3-15-23-29(26,27)20-12-6-17(7-13-20)21(25)24(16-5-14-22)18-8-10-19(11-9-18)28-4-2/h1,6-13,23H,4-5,15-16H2,2H3. The highest BCUT2D eigenvalue weighted by Crippen LogP contribution is 2.22. The quantitative estimate of drug-likeness (QED) is 0.639. The van der Waals surface area contributed by atoms with E-state index in [2.05, 4.69) is 10.6 Å². The molecule has 0 aliphatic rings. The lowest BCUT2D eigenvalue weighted by atomic mass is 10.1. The van der Waals surface area contributed by atoms with E-state index in [1.54, 1.807) is 24.3 Å². The van der Waals surface area contributed by atoms with Crippen molar-refractivity contribution in [1.29, 1.82) is 5.26 Å². The van der Waals surface area contributed by atoms with Crippen molar-refractivity contribution < 1.29 is 17.9 Å². The van der Waals surface area contributed by atoms with Gasteiger partial charge in [0.1, 0.15) is 5.75 Å². The zero-order valence-electron chi connectivity index (χ0n) is 16.0. The van der Waals surface area contributed by atoms with Crippen molar-refractivity contribution in [2.24, 2.45) is 0 Å². The number of hydrogen-bond donors (Lipinski definition) is 1. The van der Waals surface area contributed by atoms with E-state index < -0.39 is 10.0 Å². The molecule has 0 unspecified atom stereocenters. The van der Waals surface area contributed by atoms with E-state index in [9.17, 15) is 13.2 Å². The number of sulfonamides is 1. The summed E-state index contributed by atoms with van der Waals surface area (Å²) in [5, 5.41) is 8.93. The van der Waals surface area contributed by atoms with Gasteiger partial charge in [-0.3, -0.25) is 4.79 Å². The maximum absolute atomic E-state index is 13.0. The van der Waals surface area contributed by atoms with Gasteiger partial charge >= 0.3 is 0 Å². The Morgan fingerprint density at radius 3 is 2.38 bits per heavy atom. The van der Waals surface area contributed by atoms with Crippen LogP contribution in [0.4, 0.5) is 5.69 Å². The third kappa shape index (κ3) is 5.82. The van der Waals surface area contributed by atoms with Crippen LogP contribution in [0.15, 0.2) is 53.4 Å². The molecule has 2 aromatic carbocycles. The van der Waals surface area contributed by atoms with Gasteiger partial charge in [0.15, 0.2) is 0 Å². The van der Waals surface area contributed by atoms with Crippen molar-refractivity contribution in [3.05, 3.63) is 54.1 Å². The largest absolute Gasteiger partial charge is 0.494 e. The minimum atomic E-state index is -3.74. The number of terminal acetylenes is 1. The van der Waals surface area contributed by atoms with Gasteiger partial charge < -0.3 is 9.64 Å². The third-order valence-corrected chi connectivity index (χ3v) is 5.34. The summed E-state index contributed by atoms with van der Waals surface area (Å²) in [5.74, 6) is 2.54. The van der Waals surface area contributed by atoms with Crippen LogP contribution in [0.2, 0.25) is 0 Å². The molecule has 0 saturated carbocycles. The van der Waals surface area contributed by atoms with Gasteiger partial charge in [0, 0.05) is 17.8 Å². The lowest BCUT2D eigenvalue weighted by Gasteiger charge is -2.22. The van der Waals surface area contributed by atoms with E-state index in [4.69, 9.17) is 16.4 Å². The number of carbonyl (C=O) groups excluding carboxylic acids is 1. The van der Waals surface area contributed by atoms with Gasteiger partial charge in [0.2, 0.25) is 10.0 Å². The molecular weight excluding hydrogens is 390 g/mol. The summed E-state index contributed by atoms with van der Waals surface area (Å²) in [6.45, 7) is 2.49. The number of amides is 1. The van der Waals surface area contributed by atoms with Crippen molar-refractivity contribution in [3.63, 3.8) is 0 Å². The van der Waals surface area contributed by atoms with Crippen molar-refractivity contribution in [1.82, 2.24) is 4.72 Å². The number of hydrogen-bond acceptors (Lipinski definition) is 5. The van der Waals surface area contributed by atoms with E-state index in [1.165, 1.54) is 29.2 Å². The average molecular weight is 411 g/mol. The molecule has 150 valence electrons. The first-order chi connectivity index (χ1) is 13.9. The number of nitriles is 1. The van der Waals surface area contributed by atoms with Gasteiger partial charge in [-0.05, 0) is 55.5 Å². The lowest BCUT2D eigenvalue weighted by molar-refractivity contribution is 0.0987. The van der Waals surface area contributed by atoms with Crippen LogP contribution < -0.4 is 14.4 Å². The number of nitrogens with one attached hydrogen (secondary N) is 1. The third-order valence-electron chi connectivity index (χ3n) is 3.93. The van der Waals surface area contributed by atoms with Gasteiger partial charge in [0.25, 0.3) is 5.91 Å². The molecule has 1 amide bonds. The summed E-state index contributed by atoms with van der Waals surface area (Å²) in [6, 6.07) is 14.5. The molecule has 0 spiro atoms. The molecular formula is C21H21N3O4S. The van der Waals surface area contributed by atoms with Crippen LogP contribution in [0.5, 0.6) is 5.75 Å². The molecule has 2 aromatic rings. The highest BCUT2D eigenvalue weighted by Gasteiger charge is 2.19. The molecule has 0 fully saturated rings. The van der Waals surface area contributed by atoms with E-state index in [1.807, 2.05) is 13.0 Å². The van der Waals surface area contributed by atoms with Crippen molar-refractivity contribution in [3.8, 4) is 24.2 Å². The smallest absolute Gasteiger partial charge is 0.258 e. The number of nitrogens with zero attached hydrogens (tertiary/aromatic N) is 2.